The molecular weight excluding hydrogens is 494 g/mol. The first-order valence-electron chi connectivity index (χ1n) is 14.2. The summed E-state index contributed by atoms with van der Waals surface area (Å²) in [4.78, 5) is 27.7. The van der Waals surface area contributed by atoms with Crippen LogP contribution < -0.4 is 0 Å². The molecule has 1 N–H and O–H groups in total. The highest BCUT2D eigenvalue weighted by Crippen LogP contribution is 2.83. The van der Waals surface area contributed by atoms with Gasteiger partial charge in [-0.3, -0.25) is 14.5 Å². The summed E-state index contributed by atoms with van der Waals surface area (Å²) >= 11 is 0. The van der Waals surface area contributed by atoms with Crippen LogP contribution in [0, 0.1) is 28.6 Å². The third-order valence-corrected chi connectivity index (χ3v) is 12.2. The topological polar surface area (TPSA) is 113 Å². The largest absolute Gasteiger partial charge is 0.462 e. The molecule has 10 nitrogen and oxygen atoms in total. The van der Waals surface area contributed by atoms with Crippen molar-refractivity contribution in [2.75, 3.05) is 34.1 Å². The van der Waals surface area contributed by atoms with Crippen molar-refractivity contribution in [1.82, 2.24) is 4.90 Å². The molecule has 5 saturated carbocycles. The number of rotatable bonds is 5. The van der Waals surface area contributed by atoms with Gasteiger partial charge in [-0.15, -0.1) is 0 Å². The van der Waals surface area contributed by atoms with E-state index in [4.69, 9.17) is 28.4 Å². The van der Waals surface area contributed by atoms with Crippen LogP contribution in [0.15, 0.2) is 0 Å². The van der Waals surface area contributed by atoms with Gasteiger partial charge in [-0.05, 0) is 31.2 Å². The normalized spacial score (nSPS) is 57.4. The first-order valence-corrected chi connectivity index (χ1v) is 14.2. The number of ether oxygens (including phenoxy) is 6. The van der Waals surface area contributed by atoms with E-state index in [9.17, 15) is 14.7 Å². The second-order valence-corrected chi connectivity index (χ2v) is 13.2. The molecule has 13 atom stereocenters. The zero-order valence-corrected chi connectivity index (χ0v) is 23.2. The lowest BCUT2D eigenvalue weighted by molar-refractivity contribution is -0.331. The average molecular weight is 536 g/mol. The number of carbonyl (C=O) groups is 2. The Hall–Kier alpha value is -1.30. The molecule has 2 saturated heterocycles. The molecule has 38 heavy (non-hydrogen) atoms. The molecule has 0 aromatic heterocycles. The van der Waals surface area contributed by atoms with Gasteiger partial charge in [0.15, 0.2) is 5.60 Å². The Bertz CT molecular complexity index is 1070. The maximum atomic E-state index is 13.5. The van der Waals surface area contributed by atoms with E-state index in [0.29, 0.717) is 12.8 Å². The summed E-state index contributed by atoms with van der Waals surface area (Å²) in [7, 11) is 3.38. The number of nitrogens with zero attached hydrogens (tertiary/aromatic N) is 1. The van der Waals surface area contributed by atoms with Crippen LogP contribution in [0.2, 0.25) is 0 Å². The van der Waals surface area contributed by atoms with E-state index in [2.05, 4.69) is 18.7 Å². The average Bonchev–Trinajstić information content (AvgIpc) is 3.39. The van der Waals surface area contributed by atoms with Crippen LogP contribution in [0.3, 0.4) is 0 Å². The number of esters is 2. The maximum Gasteiger partial charge on any atom is 0.303 e. The Morgan fingerprint density at radius 2 is 1.79 bits per heavy atom. The monoisotopic (exact) mass is 535 g/mol. The van der Waals surface area contributed by atoms with Crippen molar-refractivity contribution in [2.24, 2.45) is 28.6 Å². The van der Waals surface area contributed by atoms with Crippen LogP contribution in [-0.4, -0.2) is 103 Å². The number of carbonyl (C=O) groups excluding carboxylic acids is 2. The number of hydrogen-bond donors (Lipinski definition) is 1. The Morgan fingerprint density at radius 3 is 2.42 bits per heavy atom. The number of likely N-dealkylation sites (tertiary alicyclic amines) is 1. The van der Waals surface area contributed by atoms with E-state index in [1.54, 1.807) is 14.2 Å². The van der Waals surface area contributed by atoms with Crippen LogP contribution in [0.4, 0.5) is 0 Å². The quantitative estimate of drug-likeness (QED) is 0.517. The van der Waals surface area contributed by atoms with Crippen molar-refractivity contribution in [2.45, 2.75) is 101 Å². The van der Waals surface area contributed by atoms with Crippen LogP contribution in [0.1, 0.15) is 53.4 Å². The molecule has 5 aliphatic carbocycles. The molecular formula is C28H41NO9. The molecule has 7 aliphatic rings. The van der Waals surface area contributed by atoms with Gasteiger partial charge in [-0.1, -0.05) is 13.8 Å². The fourth-order valence-corrected chi connectivity index (χ4v) is 11.8. The zero-order chi connectivity index (χ0) is 27.0. The van der Waals surface area contributed by atoms with E-state index in [1.165, 1.54) is 13.8 Å². The van der Waals surface area contributed by atoms with Gasteiger partial charge in [-0.2, -0.15) is 0 Å². The molecule has 7 bridgehead atoms. The van der Waals surface area contributed by atoms with Crippen molar-refractivity contribution in [3.8, 4) is 0 Å². The molecule has 0 aromatic rings. The van der Waals surface area contributed by atoms with Gasteiger partial charge in [0.1, 0.15) is 24.6 Å². The van der Waals surface area contributed by atoms with Gasteiger partial charge in [0.25, 0.3) is 0 Å². The number of hydrogen-bond acceptors (Lipinski definition) is 10. The van der Waals surface area contributed by atoms with Gasteiger partial charge in [-0.25, -0.2) is 0 Å². The summed E-state index contributed by atoms with van der Waals surface area (Å²) < 4.78 is 38.4. The fourth-order valence-electron chi connectivity index (χ4n) is 11.8. The molecule has 0 aromatic carbocycles. The molecule has 3 spiro atoms. The van der Waals surface area contributed by atoms with Crippen molar-refractivity contribution in [3.05, 3.63) is 0 Å². The van der Waals surface area contributed by atoms with E-state index >= 15 is 0 Å². The van der Waals surface area contributed by atoms with Gasteiger partial charge < -0.3 is 33.5 Å². The first kappa shape index (κ1) is 25.7. The molecule has 7 rings (SSSR count). The number of methoxy groups -OCH3 is 2. The highest BCUT2D eigenvalue weighted by Gasteiger charge is 2.98. The Balaban J connectivity index is 1.60. The maximum absolute atomic E-state index is 13.5. The number of aliphatic hydroxyl groups is 1. The van der Waals surface area contributed by atoms with Crippen molar-refractivity contribution in [1.29, 1.82) is 0 Å². The zero-order valence-electron chi connectivity index (χ0n) is 23.2. The van der Waals surface area contributed by atoms with Crippen molar-refractivity contribution < 1.29 is 43.1 Å². The SMILES string of the molecule is CCN1C[C@]2(C)CC[C@H](OC)[C@@]34C1[C@]1(OCO[C@@]15C[C@H](OC)[C@H]1C[C@]3(O)[C@@H]5[C@H]1OC(C)=O)[C@@H](OC(C)=O)[C@H]24. The summed E-state index contributed by atoms with van der Waals surface area (Å²) in [5.41, 5.74) is -4.59. The van der Waals surface area contributed by atoms with Gasteiger partial charge in [0.05, 0.1) is 35.2 Å². The third-order valence-electron chi connectivity index (χ3n) is 12.2. The highest BCUT2D eigenvalue weighted by molar-refractivity contribution is 5.67. The molecule has 2 heterocycles. The highest BCUT2D eigenvalue weighted by atomic mass is 16.7. The van der Waals surface area contributed by atoms with E-state index in [-0.39, 0.29) is 48.3 Å². The minimum Gasteiger partial charge on any atom is -0.462 e. The number of likely N-dealkylation sites (N-methyl/N-ethyl adjacent to an activating group) is 1. The molecule has 0 amide bonds. The molecule has 212 valence electrons. The van der Waals surface area contributed by atoms with E-state index < -0.39 is 46.3 Å². The molecule has 10 heteroatoms. The van der Waals surface area contributed by atoms with Crippen molar-refractivity contribution in [3.63, 3.8) is 0 Å². The summed E-state index contributed by atoms with van der Waals surface area (Å²) in [6, 6.07) is -0.316. The van der Waals surface area contributed by atoms with Crippen LogP contribution in [-0.2, 0) is 38.0 Å². The molecule has 1 unspecified atom stereocenters. The second-order valence-electron chi connectivity index (χ2n) is 13.2. The van der Waals surface area contributed by atoms with Gasteiger partial charge in [0, 0.05) is 52.9 Å². The predicted molar refractivity (Wildman–Crippen MR) is 131 cm³/mol. The van der Waals surface area contributed by atoms with Gasteiger partial charge >= 0.3 is 11.9 Å². The van der Waals surface area contributed by atoms with E-state index in [0.717, 1.165) is 25.9 Å². The number of fused-ring (bicyclic) bond motifs is 1. The van der Waals surface area contributed by atoms with Gasteiger partial charge in [0.2, 0.25) is 0 Å². The number of piperidine rings is 1. The third kappa shape index (κ3) is 2.42. The Morgan fingerprint density at radius 1 is 1.05 bits per heavy atom. The predicted octanol–water partition coefficient (Wildman–Crippen LogP) is 1.27. The van der Waals surface area contributed by atoms with Crippen molar-refractivity contribution >= 4 is 11.9 Å². The lowest BCUT2D eigenvalue weighted by Crippen LogP contribution is -2.85. The van der Waals surface area contributed by atoms with Crippen LogP contribution in [0.5, 0.6) is 0 Å². The Kier molecular flexibility index (Phi) is 5.20. The minimum atomic E-state index is -1.33. The Labute approximate surface area is 223 Å². The summed E-state index contributed by atoms with van der Waals surface area (Å²) in [5, 5.41) is 13.5. The fraction of sp³-hybridized carbons (Fsp3) is 0.929. The van der Waals surface area contributed by atoms with Crippen LogP contribution in [0.25, 0.3) is 0 Å². The van der Waals surface area contributed by atoms with Crippen LogP contribution >= 0.6 is 0 Å². The summed E-state index contributed by atoms with van der Waals surface area (Å²) in [6.45, 7) is 8.81. The summed E-state index contributed by atoms with van der Waals surface area (Å²) in [5.74, 6) is -1.78. The van der Waals surface area contributed by atoms with E-state index in [1.807, 2.05) is 0 Å². The summed E-state index contributed by atoms with van der Waals surface area (Å²) in [6.07, 6.45) is 0.595. The minimum absolute atomic E-state index is 0.00343. The first-order chi connectivity index (χ1) is 18.0. The molecule has 2 aliphatic heterocycles. The smallest absolute Gasteiger partial charge is 0.303 e. The lowest BCUT2D eigenvalue weighted by atomic mass is 9.41. The lowest BCUT2D eigenvalue weighted by Gasteiger charge is -2.71. The molecule has 7 fully saturated rings. The standard InChI is InChI=1S/C28H41NO9/c1-7-29-12-24(4)9-8-18(34-6)27-21(24)22(38-15(3)31)28(23(27)29)26(35-13-36-28)11-17(33-5)16-10-25(27,32)20(26)19(16)37-14(2)30/h16-23,32H,7-13H2,1-6H3/t16-,17+,18+,19+,20+,21-,22+,23?,24+,25+,26-,27-,28-/m1/s1. The molecule has 0 radical (unpaired) electrons. The second kappa shape index (κ2) is 7.70.